The molecule has 1 aromatic carbocycles. The van der Waals surface area contributed by atoms with Gasteiger partial charge in [0, 0.05) is 36.4 Å². The van der Waals surface area contributed by atoms with E-state index >= 15 is 0 Å². The van der Waals surface area contributed by atoms with E-state index in [1.165, 1.54) is 0 Å². The van der Waals surface area contributed by atoms with Crippen LogP contribution in [-0.4, -0.2) is 59.4 Å². The van der Waals surface area contributed by atoms with Gasteiger partial charge in [0.2, 0.25) is 5.91 Å². The zero-order chi connectivity index (χ0) is 26.1. The molecule has 0 saturated carbocycles. The standard InChI is InChI=1S/C29H29N5O4/c1-18-16-34(17-19(2)38-18)28-5-3-4-23(33-28)24-8-6-20-15-30-22(12-25(20)32-24)14-29(35)31-21-7-9-26-27(13-21)37-11-10-36-26/h3-9,12-13,15,18-19H,10-11,14,16-17H2,1-2H3,(H,31,35)/t18-,19+. The summed E-state index contributed by atoms with van der Waals surface area (Å²) in [5.74, 6) is 2.05. The van der Waals surface area contributed by atoms with Gasteiger partial charge in [-0.05, 0) is 56.3 Å². The molecule has 9 heteroatoms. The van der Waals surface area contributed by atoms with Crippen molar-refractivity contribution in [3.8, 4) is 22.9 Å². The number of carbonyl (C=O) groups excluding carboxylic acids is 1. The third kappa shape index (κ3) is 5.24. The summed E-state index contributed by atoms with van der Waals surface area (Å²) < 4.78 is 17.0. The molecular formula is C29H29N5O4. The van der Waals surface area contributed by atoms with E-state index < -0.39 is 0 Å². The number of ether oxygens (including phenoxy) is 3. The summed E-state index contributed by atoms with van der Waals surface area (Å²) >= 11 is 0. The summed E-state index contributed by atoms with van der Waals surface area (Å²) in [6.07, 6.45) is 2.18. The number of anilines is 2. The van der Waals surface area contributed by atoms with Crippen molar-refractivity contribution < 1.29 is 19.0 Å². The van der Waals surface area contributed by atoms with Gasteiger partial charge in [-0.3, -0.25) is 9.78 Å². The van der Waals surface area contributed by atoms with Crippen LogP contribution in [-0.2, 0) is 16.0 Å². The second-order valence-electron chi connectivity index (χ2n) is 9.69. The maximum atomic E-state index is 12.7. The molecule has 5 heterocycles. The fourth-order valence-electron chi connectivity index (χ4n) is 4.90. The first kappa shape index (κ1) is 24.1. The number of morpholine rings is 1. The molecule has 0 radical (unpaired) electrons. The molecule has 1 fully saturated rings. The van der Waals surface area contributed by atoms with Crippen molar-refractivity contribution in [3.05, 3.63) is 66.5 Å². The summed E-state index contributed by atoms with van der Waals surface area (Å²) in [5.41, 5.74) is 3.61. The normalized spacial score (nSPS) is 18.8. The summed E-state index contributed by atoms with van der Waals surface area (Å²) in [7, 11) is 0. The molecule has 2 aliphatic rings. The van der Waals surface area contributed by atoms with E-state index in [2.05, 4.69) is 29.0 Å². The molecule has 2 atom stereocenters. The highest BCUT2D eigenvalue weighted by molar-refractivity contribution is 5.93. The van der Waals surface area contributed by atoms with Gasteiger partial charge in [-0.15, -0.1) is 0 Å². The number of nitrogens with one attached hydrogen (secondary N) is 1. The molecule has 4 aromatic rings. The first-order valence-corrected chi connectivity index (χ1v) is 12.8. The number of hydrogen-bond donors (Lipinski definition) is 1. The Labute approximate surface area is 220 Å². The number of nitrogens with zero attached hydrogens (tertiary/aromatic N) is 4. The van der Waals surface area contributed by atoms with E-state index in [1.807, 2.05) is 36.4 Å². The molecule has 0 unspecified atom stereocenters. The van der Waals surface area contributed by atoms with Crippen molar-refractivity contribution in [2.24, 2.45) is 0 Å². The Morgan fingerprint density at radius 2 is 1.74 bits per heavy atom. The number of carbonyl (C=O) groups is 1. The van der Waals surface area contributed by atoms with Gasteiger partial charge in [-0.2, -0.15) is 0 Å². The maximum Gasteiger partial charge on any atom is 0.230 e. The van der Waals surface area contributed by atoms with E-state index in [-0.39, 0.29) is 24.5 Å². The molecule has 194 valence electrons. The highest BCUT2D eigenvalue weighted by atomic mass is 16.6. The minimum Gasteiger partial charge on any atom is -0.486 e. The van der Waals surface area contributed by atoms with Gasteiger partial charge in [-0.1, -0.05) is 6.07 Å². The second-order valence-corrected chi connectivity index (χ2v) is 9.69. The third-order valence-corrected chi connectivity index (χ3v) is 6.54. The lowest BCUT2D eigenvalue weighted by molar-refractivity contribution is -0.115. The van der Waals surface area contributed by atoms with Crippen LogP contribution >= 0.6 is 0 Å². The van der Waals surface area contributed by atoms with Crippen LogP contribution in [0.3, 0.4) is 0 Å². The van der Waals surface area contributed by atoms with Crippen LogP contribution in [0, 0.1) is 0 Å². The molecule has 0 aliphatic carbocycles. The zero-order valence-electron chi connectivity index (χ0n) is 21.4. The quantitative estimate of drug-likeness (QED) is 0.425. The number of benzene rings is 1. The van der Waals surface area contributed by atoms with Gasteiger partial charge in [0.1, 0.15) is 19.0 Å². The molecule has 6 rings (SSSR count). The van der Waals surface area contributed by atoms with Crippen LogP contribution in [0.2, 0.25) is 0 Å². The smallest absolute Gasteiger partial charge is 0.230 e. The van der Waals surface area contributed by atoms with Gasteiger partial charge in [0.05, 0.1) is 41.2 Å². The van der Waals surface area contributed by atoms with Crippen LogP contribution < -0.4 is 19.7 Å². The highest BCUT2D eigenvalue weighted by Gasteiger charge is 2.23. The lowest BCUT2D eigenvalue weighted by Crippen LogP contribution is -2.45. The Hall–Kier alpha value is -4.24. The molecule has 3 aromatic heterocycles. The van der Waals surface area contributed by atoms with Crippen LogP contribution in [0.1, 0.15) is 19.5 Å². The minimum atomic E-state index is -0.173. The molecule has 1 N–H and O–H groups in total. The maximum absolute atomic E-state index is 12.7. The SMILES string of the molecule is C[C@@H]1CN(c2cccc(-c3ccc4cnc(CC(=O)Nc5ccc6c(c5)OCCO6)cc4n3)n2)C[C@H](C)O1. The molecule has 38 heavy (non-hydrogen) atoms. The molecule has 2 aliphatic heterocycles. The highest BCUT2D eigenvalue weighted by Crippen LogP contribution is 2.32. The van der Waals surface area contributed by atoms with Gasteiger partial charge < -0.3 is 24.4 Å². The number of pyridine rings is 3. The monoisotopic (exact) mass is 511 g/mol. The van der Waals surface area contributed by atoms with Crippen molar-refractivity contribution in [1.82, 2.24) is 15.0 Å². The van der Waals surface area contributed by atoms with Gasteiger partial charge in [0.15, 0.2) is 11.5 Å². The number of rotatable bonds is 5. The van der Waals surface area contributed by atoms with E-state index in [0.29, 0.717) is 36.1 Å². The van der Waals surface area contributed by atoms with Gasteiger partial charge in [0.25, 0.3) is 0 Å². The molecule has 1 amide bonds. The first-order valence-electron chi connectivity index (χ1n) is 12.8. The summed E-state index contributed by atoms with van der Waals surface area (Å²) in [6.45, 7) is 6.78. The molecule has 1 saturated heterocycles. The van der Waals surface area contributed by atoms with Crippen LogP contribution in [0.4, 0.5) is 11.5 Å². The number of hydrogen-bond acceptors (Lipinski definition) is 8. The average molecular weight is 512 g/mol. The van der Waals surface area contributed by atoms with Crippen molar-refractivity contribution >= 4 is 28.3 Å². The molecule has 9 nitrogen and oxygen atoms in total. The Bertz CT molecular complexity index is 1480. The number of fused-ring (bicyclic) bond motifs is 2. The second kappa shape index (κ2) is 10.3. The third-order valence-electron chi connectivity index (χ3n) is 6.54. The number of aromatic nitrogens is 3. The van der Waals surface area contributed by atoms with Crippen molar-refractivity contribution in [2.45, 2.75) is 32.5 Å². The van der Waals surface area contributed by atoms with Gasteiger partial charge in [-0.25, -0.2) is 9.97 Å². The largest absolute Gasteiger partial charge is 0.486 e. The Kier molecular flexibility index (Phi) is 6.51. The Balaban J connectivity index is 1.19. The fourth-order valence-corrected chi connectivity index (χ4v) is 4.90. The predicted octanol–water partition coefficient (Wildman–Crippen LogP) is 4.26. The molecular weight excluding hydrogens is 482 g/mol. The first-order chi connectivity index (χ1) is 18.5. The van der Waals surface area contributed by atoms with E-state index in [1.54, 1.807) is 24.4 Å². The van der Waals surface area contributed by atoms with Gasteiger partial charge >= 0.3 is 0 Å². The molecule has 0 bridgehead atoms. The Morgan fingerprint density at radius 1 is 0.947 bits per heavy atom. The van der Waals surface area contributed by atoms with Crippen molar-refractivity contribution in [2.75, 3.05) is 36.5 Å². The van der Waals surface area contributed by atoms with Crippen molar-refractivity contribution in [1.29, 1.82) is 0 Å². The summed E-state index contributed by atoms with van der Waals surface area (Å²) in [6, 6.07) is 17.2. The number of amides is 1. The van der Waals surface area contributed by atoms with E-state index in [9.17, 15) is 4.79 Å². The predicted molar refractivity (Wildman–Crippen MR) is 145 cm³/mol. The fraction of sp³-hybridized carbons (Fsp3) is 0.310. The summed E-state index contributed by atoms with van der Waals surface area (Å²) in [4.78, 5) is 29.2. The minimum absolute atomic E-state index is 0.122. The lowest BCUT2D eigenvalue weighted by Gasteiger charge is -2.36. The van der Waals surface area contributed by atoms with Crippen molar-refractivity contribution in [3.63, 3.8) is 0 Å². The average Bonchev–Trinajstić information content (AvgIpc) is 2.92. The van der Waals surface area contributed by atoms with Crippen LogP contribution in [0.5, 0.6) is 11.5 Å². The topological polar surface area (TPSA) is 98.7 Å². The van der Waals surface area contributed by atoms with E-state index in [0.717, 1.165) is 41.2 Å². The van der Waals surface area contributed by atoms with E-state index in [4.69, 9.17) is 24.2 Å². The Morgan fingerprint density at radius 3 is 2.58 bits per heavy atom. The lowest BCUT2D eigenvalue weighted by atomic mass is 10.1. The van der Waals surface area contributed by atoms with Crippen LogP contribution in [0.25, 0.3) is 22.3 Å². The zero-order valence-corrected chi connectivity index (χ0v) is 21.4. The summed E-state index contributed by atoms with van der Waals surface area (Å²) in [5, 5.41) is 3.81. The van der Waals surface area contributed by atoms with Crippen LogP contribution in [0.15, 0.2) is 60.8 Å². The molecule has 0 spiro atoms.